The van der Waals surface area contributed by atoms with Crippen molar-refractivity contribution in [2.45, 2.75) is 19.6 Å². The van der Waals surface area contributed by atoms with E-state index in [0.717, 1.165) is 0 Å². The Bertz CT molecular complexity index is 975. The summed E-state index contributed by atoms with van der Waals surface area (Å²) >= 11 is 5.84. The van der Waals surface area contributed by atoms with Gasteiger partial charge in [-0.1, -0.05) is 16.8 Å². The highest BCUT2D eigenvalue weighted by Gasteiger charge is 2.18. The predicted octanol–water partition coefficient (Wildman–Crippen LogP) is 3.49. The number of ether oxygens (including phenoxy) is 3. The molecule has 9 heteroatoms. The zero-order chi connectivity index (χ0) is 20.8. The van der Waals surface area contributed by atoms with E-state index in [-0.39, 0.29) is 18.3 Å². The van der Waals surface area contributed by atoms with Crippen LogP contribution in [-0.2, 0) is 11.3 Å². The number of aromatic nitrogens is 2. The lowest BCUT2D eigenvalue weighted by Crippen LogP contribution is -2.35. The van der Waals surface area contributed by atoms with Crippen molar-refractivity contribution in [3.05, 3.63) is 53.4 Å². The maximum Gasteiger partial charge on any atom is 0.261 e. The first kappa shape index (κ1) is 20.5. The maximum atomic E-state index is 12.2. The highest BCUT2D eigenvalue weighted by atomic mass is 35.5. The van der Waals surface area contributed by atoms with Crippen molar-refractivity contribution in [1.82, 2.24) is 15.5 Å². The van der Waals surface area contributed by atoms with E-state index in [1.807, 2.05) is 0 Å². The topological polar surface area (TPSA) is 95.7 Å². The van der Waals surface area contributed by atoms with Crippen LogP contribution in [0.1, 0.15) is 12.8 Å². The Morgan fingerprint density at radius 2 is 1.86 bits per heavy atom. The molecule has 0 radical (unpaired) electrons. The van der Waals surface area contributed by atoms with E-state index in [1.165, 1.54) is 0 Å². The summed E-state index contributed by atoms with van der Waals surface area (Å²) in [6, 6.07) is 12.0. The number of halogens is 1. The third-order valence-electron chi connectivity index (χ3n) is 4.03. The molecule has 1 atom stereocenters. The van der Waals surface area contributed by atoms with Crippen LogP contribution < -0.4 is 19.5 Å². The molecule has 152 valence electrons. The molecule has 1 amide bonds. The zero-order valence-corrected chi connectivity index (χ0v) is 16.9. The highest BCUT2D eigenvalue weighted by molar-refractivity contribution is 6.30. The van der Waals surface area contributed by atoms with Crippen LogP contribution in [-0.4, -0.2) is 36.4 Å². The van der Waals surface area contributed by atoms with E-state index in [4.69, 9.17) is 30.3 Å². The fourth-order valence-electron chi connectivity index (χ4n) is 2.50. The Balaban J connectivity index is 1.60. The minimum absolute atomic E-state index is 0.0681. The normalized spacial score (nSPS) is 11.6. The van der Waals surface area contributed by atoms with Crippen molar-refractivity contribution >= 4 is 17.5 Å². The largest absolute Gasteiger partial charge is 0.497 e. The third kappa shape index (κ3) is 5.17. The lowest BCUT2D eigenvalue weighted by molar-refractivity contribution is -0.127. The standard InChI is InChI=1S/C20H20ClN3O5/c1-12(28-14-6-4-13(21)5-7-14)20(25)22-11-18-23-19(24-29-18)16-9-8-15(26-2)10-17(16)27-3/h4-10,12H,11H2,1-3H3,(H,22,25)/t12-/m1/s1. The second-order valence-electron chi connectivity index (χ2n) is 6.01. The number of nitrogens with zero attached hydrogens (tertiary/aromatic N) is 2. The average Bonchev–Trinajstić information content (AvgIpc) is 3.21. The zero-order valence-electron chi connectivity index (χ0n) is 16.1. The molecule has 0 fully saturated rings. The van der Waals surface area contributed by atoms with Gasteiger partial charge in [-0.2, -0.15) is 4.98 Å². The van der Waals surface area contributed by atoms with Gasteiger partial charge in [0.25, 0.3) is 5.91 Å². The monoisotopic (exact) mass is 417 g/mol. The number of hydrogen-bond donors (Lipinski definition) is 1. The van der Waals surface area contributed by atoms with Crippen LogP contribution in [0.25, 0.3) is 11.4 Å². The fourth-order valence-corrected chi connectivity index (χ4v) is 2.62. The second-order valence-corrected chi connectivity index (χ2v) is 6.45. The Kier molecular flexibility index (Phi) is 6.56. The number of hydrogen-bond acceptors (Lipinski definition) is 7. The van der Waals surface area contributed by atoms with Crippen LogP contribution in [0.2, 0.25) is 5.02 Å². The molecule has 0 spiro atoms. The van der Waals surface area contributed by atoms with Crippen LogP contribution in [0.3, 0.4) is 0 Å². The summed E-state index contributed by atoms with van der Waals surface area (Å²) in [6.07, 6.45) is -0.708. The molecule has 1 heterocycles. The first-order chi connectivity index (χ1) is 14.0. The van der Waals surface area contributed by atoms with Crippen molar-refractivity contribution in [3.8, 4) is 28.6 Å². The van der Waals surface area contributed by atoms with E-state index in [1.54, 1.807) is 63.6 Å². The van der Waals surface area contributed by atoms with E-state index in [9.17, 15) is 4.79 Å². The van der Waals surface area contributed by atoms with Gasteiger partial charge in [0.2, 0.25) is 11.7 Å². The molecule has 1 aromatic heterocycles. The van der Waals surface area contributed by atoms with E-state index >= 15 is 0 Å². The Labute approximate surface area is 172 Å². The van der Waals surface area contributed by atoms with E-state index in [2.05, 4.69) is 15.5 Å². The van der Waals surface area contributed by atoms with Crippen LogP contribution in [0.5, 0.6) is 17.2 Å². The number of rotatable bonds is 8. The van der Waals surface area contributed by atoms with Crippen LogP contribution in [0, 0.1) is 0 Å². The van der Waals surface area contributed by atoms with E-state index < -0.39 is 6.10 Å². The maximum absolute atomic E-state index is 12.2. The van der Waals surface area contributed by atoms with Crippen molar-refractivity contribution in [2.75, 3.05) is 14.2 Å². The van der Waals surface area contributed by atoms with Crippen LogP contribution in [0.15, 0.2) is 47.0 Å². The lowest BCUT2D eigenvalue weighted by atomic mass is 10.2. The van der Waals surface area contributed by atoms with Gasteiger partial charge in [-0.3, -0.25) is 4.79 Å². The van der Waals surface area contributed by atoms with Gasteiger partial charge in [-0.05, 0) is 43.3 Å². The number of amides is 1. The van der Waals surface area contributed by atoms with Gasteiger partial charge < -0.3 is 24.1 Å². The predicted molar refractivity (Wildman–Crippen MR) is 106 cm³/mol. The molecule has 0 aliphatic carbocycles. The molecular formula is C20H20ClN3O5. The molecule has 0 saturated carbocycles. The summed E-state index contributed by atoms with van der Waals surface area (Å²) in [7, 11) is 3.11. The Morgan fingerprint density at radius 3 is 2.55 bits per heavy atom. The average molecular weight is 418 g/mol. The quantitative estimate of drug-likeness (QED) is 0.599. The SMILES string of the molecule is COc1ccc(-c2noc(CNC(=O)[C@@H](C)Oc3ccc(Cl)cc3)n2)c(OC)c1. The summed E-state index contributed by atoms with van der Waals surface area (Å²) in [4.78, 5) is 16.6. The number of carbonyl (C=O) groups is 1. The third-order valence-corrected chi connectivity index (χ3v) is 4.28. The van der Waals surface area contributed by atoms with Gasteiger partial charge in [-0.15, -0.1) is 0 Å². The van der Waals surface area contributed by atoms with Gasteiger partial charge in [0.1, 0.15) is 17.2 Å². The van der Waals surface area contributed by atoms with Gasteiger partial charge in [0, 0.05) is 11.1 Å². The first-order valence-electron chi connectivity index (χ1n) is 8.75. The van der Waals surface area contributed by atoms with Crippen LogP contribution in [0.4, 0.5) is 0 Å². The molecule has 0 unspecified atom stereocenters. The molecule has 3 aromatic rings. The van der Waals surface area contributed by atoms with Gasteiger partial charge >= 0.3 is 0 Å². The van der Waals surface area contributed by atoms with Crippen molar-refractivity contribution < 1.29 is 23.5 Å². The fraction of sp³-hybridized carbons (Fsp3) is 0.250. The molecule has 3 rings (SSSR count). The van der Waals surface area contributed by atoms with Crippen molar-refractivity contribution in [3.63, 3.8) is 0 Å². The molecule has 2 aromatic carbocycles. The van der Waals surface area contributed by atoms with Gasteiger partial charge in [0.05, 0.1) is 26.3 Å². The number of carbonyl (C=O) groups excluding carboxylic acids is 1. The summed E-state index contributed by atoms with van der Waals surface area (Å²) in [5, 5.41) is 7.24. The van der Waals surface area contributed by atoms with Crippen LogP contribution >= 0.6 is 11.6 Å². The van der Waals surface area contributed by atoms with E-state index in [0.29, 0.717) is 33.7 Å². The Hall–Kier alpha value is -3.26. The minimum Gasteiger partial charge on any atom is -0.497 e. The second kappa shape index (κ2) is 9.29. The molecule has 0 saturated heterocycles. The number of benzene rings is 2. The smallest absolute Gasteiger partial charge is 0.261 e. The summed E-state index contributed by atoms with van der Waals surface area (Å²) in [5.74, 6) is 2.02. The minimum atomic E-state index is -0.708. The van der Waals surface area contributed by atoms with Gasteiger partial charge in [-0.25, -0.2) is 0 Å². The molecule has 0 bridgehead atoms. The van der Waals surface area contributed by atoms with Crippen molar-refractivity contribution in [1.29, 1.82) is 0 Å². The first-order valence-corrected chi connectivity index (χ1v) is 9.13. The lowest BCUT2D eigenvalue weighted by Gasteiger charge is -2.13. The summed E-state index contributed by atoms with van der Waals surface area (Å²) in [6.45, 7) is 1.71. The van der Waals surface area contributed by atoms with Crippen molar-refractivity contribution in [2.24, 2.45) is 0 Å². The summed E-state index contributed by atoms with van der Waals surface area (Å²) < 4.78 is 21.3. The molecule has 0 aliphatic rings. The molecule has 1 N–H and O–H groups in total. The molecule has 29 heavy (non-hydrogen) atoms. The Morgan fingerprint density at radius 1 is 1.14 bits per heavy atom. The summed E-state index contributed by atoms with van der Waals surface area (Å²) in [5.41, 5.74) is 0.647. The molecule has 8 nitrogen and oxygen atoms in total. The van der Waals surface area contributed by atoms with Gasteiger partial charge in [0.15, 0.2) is 6.10 Å². The number of methoxy groups -OCH3 is 2. The molecule has 0 aliphatic heterocycles. The molecular weight excluding hydrogens is 398 g/mol. The highest BCUT2D eigenvalue weighted by Crippen LogP contribution is 2.31. The number of nitrogens with one attached hydrogen (secondary N) is 1.